The summed E-state index contributed by atoms with van der Waals surface area (Å²) in [7, 11) is 0. The summed E-state index contributed by atoms with van der Waals surface area (Å²) in [5.74, 6) is 0. The van der Waals surface area contributed by atoms with Gasteiger partial charge in [0.25, 0.3) is 0 Å². The van der Waals surface area contributed by atoms with Crippen molar-refractivity contribution >= 4 is 22.5 Å². The maximum atomic E-state index is 9.25. The molecule has 0 bridgehead atoms. The fourth-order valence-corrected chi connectivity index (χ4v) is 1.75. The molecule has 2 nitrogen and oxygen atoms in total. The molecule has 0 aliphatic carbocycles. The van der Waals surface area contributed by atoms with Gasteiger partial charge in [-0.25, -0.2) is 4.98 Å². The second-order valence-corrected chi connectivity index (χ2v) is 3.54. The number of para-hydroxylation sites is 1. The smallest absolute Gasteiger partial charge is 0.133 e. The summed E-state index contributed by atoms with van der Waals surface area (Å²) in [6, 6.07) is 7.66. The molecule has 0 fully saturated rings. The lowest BCUT2D eigenvalue weighted by atomic mass is 10.1. The first-order valence-electron chi connectivity index (χ1n) is 4.38. The Hall–Kier alpha value is -1.12. The van der Waals surface area contributed by atoms with Gasteiger partial charge in [0.15, 0.2) is 0 Å². The highest BCUT2D eigenvalue weighted by molar-refractivity contribution is 6.30. The molecule has 14 heavy (non-hydrogen) atoms. The van der Waals surface area contributed by atoms with Gasteiger partial charge in [0.05, 0.1) is 12.1 Å². The molecule has 0 saturated heterocycles. The van der Waals surface area contributed by atoms with Crippen LogP contribution in [0.15, 0.2) is 24.3 Å². The highest BCUT2D eigenvalue weighted by Gasteiger charge is 2.08. The van der Waals surface area contributed by atoms with Gasteiger partial charge in [-0.2, -0.15) is 0 Å². The molecule has 1 heterocycles. The van der Waals surface area contributed by atoms with E-state index in [-0.39, 0.29) is 6.61 Å². The SMILES string of the molecule is Cc1c(Cl)nc2ccccc2c1CO. The molecule has 0 atom stereocenters. The van der Waals surface area contributed by atoms with E-state index < -0.39 is 0 Å². The van der Waals surface area contributed by atoms with Crippen LogP contribution in [0.5, 0.6) is 0 Å². The first-order valence-corrected chi connectivity index (χ1v) is 4.76. The zero-order valence-electron chi connectivity index (χ0n) is 7.79. The number of nitrogens with zero attached hydrogens (tertiary/aromatic N) is 1. The van der Waals surface area contributed by atoms with Crippen molar-refractivity contribution < 1.29 is 5.11 Å². The predicted molar refractivity (Wildman–Crippen MR) is 57.4 cm³/mol. The van der Waals surface area contributed by atoms with E-state index in [1.165, 1.54) is 0 Å². The molecule has 72 valence electrons. The molecule has 0 amide bonds. The Labute approximate surface area is 87.2 Å². The lowest BCUT2D eigenvalue weighted by Crippen LogP contribution is -1.94. The van der Waals surface area contributed by atoms with Crippen molar-refractivity contribution in [2.24, 2.45) is 0 Å². The standard InChI is InChI=1S/C11H10ClNO/c1-7-9(6-14)8-4-2-3-5-10(8)13-11(7)12/h2-5,14H,6H2,1H3. The number of hydrogen-bond donors (Lipinski definition) is 1. The molecule has 2 aromatic rings. The summed E-state index contributed by atoms with van der Waals surface area (Å²) < 4.78 is 0. The summed E-state index contributed by atoms with van der Waals surface area (Å²) in [4.78, 5) is 4.24. The van der Waals surface area contributed by atoms with Crippen LogP contribution in [0, 0.1) is 6.92 Å². The minimum absolute atomic E-state index is 0.00537. The number of rotatable bonds is 1. The van der Waals surface area contributed by atoms with Crippen LogP contribution in [-0.2, 0) is 6.61 Å². The molecule has 1 N–H and O–H groups in total. The van der Waals surface area contributed by atoms with Crippen molar-refractivity contribution in [1.82, 2.24) is 4.98 Å². The summed E-state index contributed by atoms with van der Waals surface area (Å²) in [6.07, 6.45) is 0. The Morgan fingerprint density at radius 2 is 2.07 bits per heavy atom. The Morgan fingerprint density at radius 3 is 2.79 bits per heavy atom. The third kappa shape index (κ3) is 1.37. The van der Waals surface area contributed by atoms with E-state index in [1.807, 2.05) is 31.2 Å². The number of aliphatic hydroxyl groups excluding tert-OH is 1. The monoisotopic (exact) mass is 207 g/mol. The summed E-state index contributed by atoms with van der Waals surface area (Å²) in [5, 5.41) is 10.7. The van der Waals surface area contributed by atoms with Gasteiger partial charge in [-0.15, -0.1) is 0 Å². The second-order valence-electron chi connectivity index (χ2n) is 3.18. The summed E-state index contributed by atoms with van der Waals surface area (Å²) >= 11 is 5.95. The predicted octanol–water partition coefficient (Wildman–Crippen LogP) is 2.69. The van der Waals surface area contributed by atoms with E-state index >= 15 is 0 Å². The van der Waals surface area contributed by atoms with Crippen LogP contribution < -0.4 is 0 Å². The van der Waals surface area contributed by atoms with Crippen LogP contribution in [0.2, 0.25) is 5.15 Å². The molecule has 2 rings (SSSR count). The van der Waals surface area contributed by atoms with Gasteiger partial charge < -0.3 is 5.11 Å². The third-order valence-electron chi connectivity index (χ3n) is 2.37. The van der Waals surface area contributed by atoms with Gasteiger partial charge in [-0.3, -0.25) is 0 Å². The lowest BCUT2D eigenvalue weighted by Gasteiger charge is -2.08. The molecule has 0 aliphatic heterocycles. The minimum Gasteiger partial charge on any atom is -0.392 e. The van der Waals surface area contributed by atoms with Gasteiger partial charge in [0.1, 0.15) is 5.15 Å². The largest absolute Gasteiger partial charge is 0.392 e. The average Bonchev–Trinajstić information content (AvgIpc) is 2.20. The average molecular weight is 208 g/mol. The summed E-state index contributed by atoms with van der Waals surface area (Å²) in [6.45, 7) is 1.86. The Kier molecular flexibility index (Phi) is 2.40. The van der Waals surface area contributed by atoms with Crippen molar-refractivity contribution in [3.63, 3.8) is 0 Å². The van der Waals surface area contributed by atoms with Gasteiger partial charge in [0.2, 0.25) is 0 Å². The molecule has 0 unspecified atom stereocenters. The van der Waals surface area contributed by atoms with E-state index in [0.717, 1.165) is 22.0 Å². The van der Waals surface area contributed by atoms with Crippen molar-refractivity contribution in [2.45, 2.75) is 13.5 Å². The lowest BCUT2D eigenvalue weighted by molar-refractivity contribution is 0.282. The van der Waals surface area contributed by atoms with Crippen LogP contribution >= 0.6 is 11.6 Å². The Balaban J connectivity index is 2.89. The van der Waals surface area contributed by atoms with E-state index in [9.17, 15) is 5.11 Å². The van der Waals surface area contributed by atoms with E-state index in [2.05, 4.69) is 4.98 Å². The number of fused-ring (bicyclic) bond motifs is 1. The fourth-order valence-electron chi connectivity index (χ4n) is 1.55. The van der Waals surface area contributed by atoms with Crippen molar-refractivity contribution in [3.05, 3.63) is 40.5 Å². The first kappa shape index (κ1) is 9.44. The van der Waals surface area contributed by atoms with Crippen molar-refractivity contribution in [1.29, 1.82) is 0 Å². The Bertz CT molecular complexity index is 482. The number of halogens is 1. The topological polar surface area (TPSA) is 33.1 Å². The normalized spacial score (nSPS) is 10.8. The minimum atomic E-state index is -0.00537. The number of aromatic nitrogens is 1. The highest BCUT2D eigenvalue weighted by atomic mass is 35.5. The number of aliphatic hydroxyl groups is 1. The maximum Gasteiger partial charge on any atom is 0.133 e. The molecule has 3 heteroatoms. The van der Waals surface area contributed by atoms with Gasteiger partial charge in [0, 0.05) is 5.39 Å². The molecule has 0 aliphatic rings. The van der Waals surface area contributed by atoms with Crippen LogP contribution in [0.25, 0.3) is 10.9 Å². The van der Waals surface area contributed by atoms with Crippen LogP contribution in [0.4, 0.5) is 0 Å². The van der Waals surface area contributed by atoms with Gasteiger partial charge >= 0.3 is 0 Å². The van der Waals surface area contributed by atoms with Crippen molar-refractivity contribution in [2.75, 3.05) is 0 Å². The Morgan fingerprint density at radius 1 is 1.36 bits per heavy atom. The fraction of sp³-hybridized carbons (Fsp3) is 0.182. The molecule has 0 spiro atoms. The van der Waals surface area contributed by atoms with Gasteiger partial charge in [-0.05, 0) is 24.1 Å². The third-order valence-corrected chi connectivity index (χ3v) is 2.74. The highest BCUT2D eigenvalue weighted by Crippen LogP contribution is 2.25. The molecular weight excluding hydrogens is 198 g/mol. The van der Waals surface area contributed by atoms with Crippen LogP contribution in [-0.4, -0.2) is 10.1 Å². The zero-order valence-corrected chi connectivity index (χ0v) is 8.54. The molecular formula is C11H10ClNO. The number of benzene rings is 1. The van der Waals surface area contributed by atoms with Crippen LogP contribution in [0.1, 0.15) is 11.1 Å². The molecule has 0 saturated carbocycles. The van der Waals surface area contributed by atoms with E-state index in [0.29, 0.717) is 5.15 Å². The van der Waals surface area contributed by atoms with Gasteiger partial charge in [-0.1, -0.05) is 29.8 Å². The number of pyridine rings is 1. The van der Waals surface area contributed by atoms with E-state index in [4.69, 9.17) is 11.6 Å². The molecule has 0 radical (unpaired) electrons. The molecule has 1 aromatic carbocycles. The summed E-state index contributed by atoms with van der Waals surface area (Å²) in [5.41, 5.74) is 2.54. The molecule has 1 aromatic heterocycles. The number of hydrogen-bond acceptors (Lipinski definition) is 2. The second kappa shape index (κ2) is 3.56. The van der Waals surface area contributed by atoms with E-state index in [1.54, 1.807) is 0 Å². The maximum absolute atomic E-state index is 9.25. The van der Waals surface area contributed by atoms with Crippen molar-refractivity contribution in [3.8, 4) is 0 Å². The first-order chi connectivity index (χ1) is 6.74. The quantitative estimate of drug-likeness (QED) is 0.730. The zero-order chi connectivity index (χ0) is 10.1. The van der Waals surface area contributed by atoms with Crippen LogP contribution in [0.3, 0.4) is 0 Å².